The van der Waals surface area contributed by atoms with E-state index in [4.69, 9.17) is 4.74 Å². The summed E-state index contributed by atoms with van der Waals surface area (Å²) in [5, 5.41) is 33.3. The molecule has 9 nitrogen and oxygen atoms in total. The maximum absolute atomic E-state index is 14.4. The molecule has 1 aromatic rings. The van der Waals surface area contributed by atoms with E-state index in [1.54, 1.807) is 20.8 Å². The van der Waals surface area contributed by atoms with Crippen LogP contribution in [0, 0.1) is 16.2 Å². The van der Waals surface area contributed by atoms with E-state index in [1.165, 1.54) is 12.1 Å². The number of nitrogens with zero attached hydrogens (tertiary/aromatic N) is 1. The predicted molar refractivity (Wildman–Crippen MR) is 97.8 cm³/mol. The Labute approximate surface area is 164 Å². The summed E-state index contributed by atoms with van der Waals surface area (Å²) < 4.78 is 17.1. The summed E-state index contributed by atoms with van der Waals surface area (Å²) in [5.41, 5.74) is -0.529. The summed E-state index contributed by atoms with van der Waals surface area (Å²) in [6, 6.07) is 2.41. The fourth-order valence-corrected chi connectivity index (χ4v) is 3.59. The lowest BCUT2D eigenvalue weighted by Crippen LogP contribution is -2.44. The van der Waals surface area contributed by atoms with Crippen LogP contribution in [-0.4, -0.2) is 38.9 Å². The molecular formula is C17H20FN2O7S-. The van der Waals surface area contributed by atoms with Crippen molar-refractivity contribution in [2.45, 2.75) is 50.5 Å². The third-order valence-electron chi connectivity index (χ3n) is 3.77. The van der Waals surface area contributed by atoms with Gasteiger partial charge in [0.25, 0.3) is 0 Å². The fourth-order valence-electron chi connectivity index (χ4n) is 2.55. The number of hydrogen-bond acceptors (Lipinski definition) is 7. The summed E-state index contributed by atoms with van der Waals surface area (Å²) in [4.78, 5) is 34.5. The molecule has 154 valence electrons. The van der Waals surface area contributed by atoms with Crippen molar-refractivity contribution >= 4 is 29.9 Å². The van der Waals surface area contributed by atoms with Gasteiger partial charge in [-0.3, -0.25) is 4.21 Å². The van der Waals surface area contributed by atoms with Gasteiger partial charge in [-0.1, -0.05) is 12.1 Å². The summed E-state index contributed by atoms with van der Waals surface area (Å²) in [7, 11) is 0. The van der Waals surface area contributed by atoms with Gasteiger partial charge in [-0.2, -0.15) is 0 Å². The number of amides is 2. The van der Waals surface area contributed by atoms with Gasteiger partial charge < -0.3 is 25.6 Å². The minimum Gasteiger partial charge on any atom is -0.612 e. The second-order valence-electron chi connectivity index (χ2n) is 7.29. The van der Waals surface area contributed by atoms with Gasteiger partial charge in [0.2, 0.25) is 0 Å². The number of alkyl carbamates (subject to hydrolysis) is 1. The van der Waals surface area contributed by atoms with Crippen LogP contribution in [-0.2, 0) is 20.7 Å². The number of nitrogens with one attached hydrogen (secondary N) is 1. The van der Waals surface area contributed by atoms with Gasteiger partial charge in [-0.25, -0.2) is 18.8 Å². The van der Waals surface area contributed by atoms with Crippen molar-refractivity contribution in [2.24, 2.45) is 0 Å². The topological polar surface area (TPSA) is 139 Å². The van der Waals surface area contributed by atoms with Gasteiger partial charge in [-0.05, 0) is 32.4 Å². The number of carboxylic acids is 1. The molecule has 1 saturated heterocycles. The Morgan fingerprint density at radius 2 is 2.07 bits per heavy atom. The van der Waals surface area contributed by atoms with Gasteiger partial charge in [0.15, 0.2) is 0 Å². The molecule has 1 aliphatic heterocycles. The van der Waals surface area contributed by atoms with Gasteiger partial charge >= 0.3 is 18.0 Å². The van der Waals surface area contributed by atoms with Gasteiger partial charge in [0, 0.05) is 12.0 Å². The number of ether oxygens (including phenoxy) is 1. The highest BCUT2D eigenvalue weighted by molar-refractivity contribution is 7.94. The molecular weight excluding hydrogens is 395 g/mol. The predicted octanol–water partition coefficient (Wildman–Crippen LogP) is 2.78. The van der Waals surface area contributed by atoms with E-state index in [9.17, 15) is 34.3 Å². The summed E-state index contributed by atoms with van der Waals surface area (Å²) >= 11 is 0.251. The Balaban J connectivity index is 2.10. The number of benzene rings is 1. The van der Waals surface area contributed by atoms with E-state index in [2.05, 4.69) is 5.32 Å². The molecule has 0 saturated carbocycles. The number of aliphatic carboxylic acids is 1. The first-order valence-electron chi connectivity index (χ1n) is 8.32. The second kappa shape index (κ2) is 8.03. The van der Waals surface area contributed by atoms with Crippen molar-refractivity contribution in [1.82, 2.24) is 5.32 Å². The van der Waals surface area contributed by atoms with Crippen molar-refractivity contribution < 1.29 is 32.8 Å². The number of hydroxylamine groups is 2. The van der Waals surface area contributed by atoms with Crippen LogP contribution in [0.2, 0.25) is 0 Å². The largest absolute Gasteiger partial charge is 0.612 e. The quantitative estimate of drug-likeness (QED) is 0.425. The Kier molecular flexibility index (Phi) is 6.34. The van der Waals surface area contributed by atoms with Crippen LogP contribution in [0.15, 0.2) is 18.2 Å². The maximum Gasteiger partial charge on any atom is 0.408 e. The maximum atomic E-state index is 14.4. The van der Waals surface area contributed by atoms with Crippen molar-refractivity contribution in [3.05, 3.63) is 45.6 Å². The monoisotopic (exact) mass is 415 g/mol. The zero-order valence-electron chi connectivity index (χ0n) is 15.4. The molecule has 11 heteroatoms. The van der Waals surface area contributed by atoms with Gasteiger partial charge in [0.1, 0.15) is 22.7 Å². The van der Waals surface area contributed by atoms with E-state index in [-0.39, 0.29) is 35.9 Å². The van der Waals surface area contributed by atoms with E-state index < -0.39 is 44.9 Å². The first-order valence-corrected chi connectivity index (χ1v) is 9.15. The van der Waals surface area contributed by atoms with Crippen LogP contribution in [0.1, 0.15) is 43.6 Å². The third kappa shape index (κ3) is 5.64. The first-order chi connectivity index (χ1) is 12.8. The van der Waals surface area contributed by atoms with E-state index in [0.29, 0.717) is 0 Å². The van der Waals surface area contributed by atoms with Crippen LogP contribution < -0.4 is 5.32 Å². The molecule has 1 aliphatic rings. The number of halogens is 1. The van der Waals surface area contributed by atoms with Crippen molar-refractivity contribution in [1.29, 1.82) is 0 Å². The van der Waals surface area contributed by atoms with E-state index in [0.717, 1.165) is 6.07 Å². The smallest absolute Gasteiger partial charge is 0.408 e. The summed E-state index contributed by atoms with van der Waals surface area (Å²) in [6.07, 6.45) is -1.52. The van der Waals surface area contributed by atoms with Crippen molar-refractivity contribution in [3.8, 4) is 0 Å². The number of rotatable bonds is 5. The summed E-state index contributed by atoms with van der Waals surface area (Å²) in [6.45, 7) is 4.87. The lowest BCUT2D eigenvalue weighted by molar-refractivity contribution is -0.593. The molecule has 0 radical (unpaired) electrons. The van der Waals surface area contributed by atoms with E-state index >= 15 is 0 Å². The lowest BCUT2D eigenvalue weighted by atomic mass is 10.0. The highest BCUT2D eigenvalue weighted by atomic mass is 32.2. The average molecular weight is 415 g/mol. The van der Waals surface area contributed by atoms with Gasteiger partial charge in [0.05, 0.1) is 18.4 Å². The van der Waals surface area contributed by atoms with Gasteiger partial charge in [-0.15, -0.1) is 0 Å². The Morgan fingerprint density at radius 3 is 2.54 bits per heavy atom. The zero-order valence-corrected chi connectivity index (χ0v) is 16.2. The van der Waals surface area contributed by atoms with Crippen LogP contribution in [0.3, 0.4) is 0 Å². The molecule has 0 bridgehead atoms. The average Bonchev–Trinajstić information content (AvgIpc) is 2.78. The molecule has 1 heterocycles. The van der Waals surface area contributed by atoms with Crippen molar-refractivity contribution in [2.75, 3.05) is 0 Å². The minimum absolute atomic E-state index is 0.0146. The normalized spacial score (nSPS) is 19.9. The van der Waals surface area contributed by atoms with Crippen LogP contribution in [0.25, 0.3) is 0 Å². The Morgan fingerprint density at radius 1 is 1.43 bits per heavy atom. The zero-order chi connectivity index (χ0) is 21.3. The number of hydrogen-bond donors (Lipinski definition) is 2. The number of carbonyl (C=O) groups is 3. The van der Waals surface area contributed by atoms with Crippen LogP contribution in [0.4, 0.5) is 9.18 Å². The molecule has 0 aromatic heterocycles. The molecule has 0 spiro atoms. The standard InChI is InChI=1S/C17H20FN2O7S/c1-17(2,3)27-16(24)19-12(15(22)23)7-9-4-5-10(11(18)6-9)13-8-14(21)20(25,26)28-13/h4-6,12-13H,7-8H2,1-3H3,(H,19,24)(H,22,23)/q-1. The molecule has 1 aromatic carbocycles. The molecule has 2 amide bonds. The third-order valence-corrected chi connectivity index (χ3v) is 4.93. The fraction of sp³-hybridized carbons (Fsp3) is 0.471. The number of carbonyl (C=O) groups excluding carboxylic acids is 2. The first kappa shape index (κ1) is 22.1. The van der Waals surface area contributed by atoms with E-state index in [1.807, 2.05) is 0 Å². The Hall–Kier alpha value is -2.21. The molecule has 2 rings (SSSR count). The second-order valence-corrected chi connectivity index (χ2v) is 8.55. The molecule has 2 atom stereocenters. The number of carboxylic acid groups (broad SMARTS) is 1. The summed E-state index contributed by atoms with van der Waals surface area (Å²) in [5.74, 6) is -3.19. The highest BCUT2D eigenvalue weighted by Crippen LogP contribution is 2.46. The lowest BCUT2D eigenvalue weighted by Gasteiger charge is -2.36. The molecule has 1 fully saturated rings. The number of quaternary nitrogens is 1. The SMILES string of the molecule is CC(C)(C)OC(=O)NC(Cc1ccc(C2CC(=O)[N+]([O-])([O-])S2)c(F)c1)C(=O)O. The molecule has 28 heavy (non-hydrogen) atoms. The van der Waals surface area contributed by atoms with Crippen molar-refractivity contribution in [3.63, 3.8) is 0 Å². The molecule has 0 aliphatic carbocycles. The molecule has 2 N–H and O–H groups in total. The molecule has 2 unspecified atom stereocenters. The van der Waals surface area contributed by atoms with Crippen LogP contribution in [0.5, 0.6) is 0 Å². The minimum atomic E-state index is -2.37. The Bertz CT molecular complexity index is 794. The van der Waals surface area contributed by atoms with Crippen LogP contribution >= 0.6 is 11.9 Å². The highest BCUT2D eigenvalue weighted by Gasteiger charge is 2.39.